The first-order chi connectivity index (χ1) is 13.1. The van der Waals surface area contributed by atoms with Gasteiger partial charge in [0.1, 0.15) is 23.4 Å². The lowest BCUT2D eigenvalue weighted by Gasteiger charge is -2.32. The Bertz CT molecular complexity index is 960. The summed E-state index contributed by atoms with van der Waals surface area (Å²) in [5.41, 5.74) is 2.23. The van der Waals surface area contributed by atoms with Crippen LogP contribution in [0.1, 0.15) is 35.8 Å². The number of anilines is 2. The van der Waals surface area contributed by atoms with Crippen LogP contribution in [0.3, 0.4) is 0 Å². The molecule has 1 aromatic carbocycles. The van der Waals surface area contributed by atoms with Crippen molar-refractivity contribution in [1.82, 2.24) is 0 Å². The molecule has 1 N–H and O–H groups in total. The molecule has 27 heavy (non-hydrogen) atoms. The van der Waals surface area contributed by atoms with Gasteiger partial charge in [-0.1, -0.05) is 12.1 Å². The van der Waals surface area contributed by atoms with Gasteiger partial charge in [0, 0.05) is 4.88 Å². The zero-order valence-electron chi connectivity index (χ0n) is 14.9. The van der Waals surface area contributed by atoms with E-state index < -0.39 is 6.10 Å². The summed E-state index contributed by atoms with van der Waals surface area (Å²) in [6.45, 7) is 1.56. The van der Waals surface area contributed by atoms with Gasteiger partial charge in [0.25, 0.3) is 5.91 Å². The first-order valence-electron chi connectivity index (χ1n) is 9.00. The maximum absolute atomic E-state index is 12.7. The lowest BCUT2D eigenvalue weighted by molar-refractivity contribution is -0.127. The Morgan fingerprint density at radius 1 is 1.37 bits per heavy atom. The van der Waals surface area contributed by atoms with Crippen LogP contribution in [-0.4, -0.2) is 24.5 Å². The molecule has 4 rings (SSSR count). The molecule has 0 saturated heterocycles. The number of fused-ring (bicyclic) bond motifs is 2. The summed E-state index contributed by atoms with van der Waals surface area (Å²) in [5.74, 6) is 0.0129. The Balaban J connectivity index is 1.56. The van der Waals surface area contributed by atoms with Crippen molar-refractivity contribution < 1.29 is 14.3 Å². The van der Waals surface area contributed by atoms with Gasteiger partial charge in [0.2, 0.25) is 5.91 Å². The first kappa shape index (κ1) is 17.6. The van der Waals surface area contributed by atoms with Gasteiger partial charge in [-0.2, -0.15) is 5.26 Å². The average molecular weight is 381 g/mol. The van der Waals surface area contributed by atoms with Gasteiger partial charge in [-0.3, -0.25) is 14.5 Å². The van der Waals surface area contributed by atoms with Gasteiger partial charge in [0.15, 0.2) is 6.10 Å². The van der Waals surface area contributed by atoms with Crippen LogP contribution in [-0.2, 0) is 22.4 Å². The number of amides is 2. The Hall–Kier alpha value is -2.85. The quantitative estimate of drug-likeness (QED) is 0.885. The maximum Gasteiger partial charge on any atom is 0.268 e. The Kier molecular flexibility index (Phi) is 4.58. The molecular weight excluding hydrogens is 362 g/mol. The second kappa shape index (κ2) is 7.05. The molecule has 1 atom stereocenters. The Labute approximate surface area is 161 Å². The van der Waals surface area contributed by atoms with Gasteiger partial charge in [-0.05, 0) is 50.3 Å². The fourth-order valence-corrected chi connectivity index (χ4v) is 4.86. The molecule has 7 heteroatoms. The number of carbonyl (C=O) groups excluding carboxylic acids is 2. The molecule has 6 nitrogen and oxygen atoms in total. The highest BCUT2D eigenvalue weighted by molar-refractivity contribution is 7.16. The summed E-state index contributed by atoms with van der Waals surface area (Å²) in [6.07, 6.45) is 3.39. The van der Waals surface area contributed by atoms with Crippen molar-refractivity contribution in [3.8, 4) is 11.8 Å². The van der Waals surface area contributed by atoms with Crippen LogP contribution in [0.15, 0.2) is 24.3 Å². The summed E-state index contributed by atoms with van der Waals surface area (Å²) in [6, 6.07) is 9.41. The van der Waals surface area contributed by atoms with E-state index in [0.29, 0.717) is 22.0 Å². The zero-order valence-corrected chi connectivity index (χ0v) is 15.8. The second-order valence-electron chi connectivity index (χ2n) is 6.73. The minimum absolute atomic E-state index is 0.114. The Morgan fingerprint density at radius 3 is 2.96 bits per heavy atom. The number of rotatable bonds is 3. The molecule has 138 valence electrons. The van der Waals surface area contributed by atoms with E-state index in [0.717, 1.165) is 31.2 Å². The van der Waals surface area contributed by atoms with Crippen LogP contribution in [0, 0.1) is 11.3 Å². The number of para-hydroxylation sites is 2. The molecule has 1 aliphatic heterocycles. The smallest absolute Gasteiger partial charge is 0.268 e. The molecule has 1 aromatic heterocycles. The van der Waals surface area contributed by atoms with E-state index in [1.807, 2.05) is 6.07 Å². The number of benzene rings is 1. The molecule has 2 aliphatic rings. The third-order valence-electron chi connectivity index (χ3n) is 4.91. The lowest BCUT2D eigenvalue weighted by Crippen LogP contribution is -2.47. The van der Waals surface area contributed by atoms with Crippen LogP contribution in [0.25, 0.3) is 0 Å². The van der Waals surface area contributed by atoms with Crippen LogP contribution < -0.4 is 15.0 Å². The molecule has 2 amide bonds. The van der Waals surface area contributed by atoms with Crippen molar-refractivity contribution in [2.24, 2.45) is 0 Å². The zero-order chi connectivity index (χ0) is 19.0. The predicted molar refractivity (Wildman–Crippen MR) is 103 cm³/mol. The van der Waals surface area contributed by atoms with Crippen LogP contribution in [0.4, 0.5) is 10.7 Å². The third-order valence-corrected chi connectivity index (χ3v) is 6.12. The third kappa shape index (κ3) is 3.17. The van der Waals surface area contributed by atoms with Crippen molar-refractivity contribution in [3.63, 3.8) is 0 Å². The number of carbonyl (C=O) groups is 2. The first-order valence-corrected chi connectivity index (χ1v) is 9.81. The van der Waals surface area contributed by atoms with Gasteiger partial charge < -0.3 is 10.1 Å². The molecule has 0 saturated carbocycles. The number of nitrogens with zero attached hydrogens (tertiary/aromatic N) is 2. The van der Waals surface area contributed by atoms with E-state index in [-0.39, 0.29) is 18.4 Å². The standard InChI is InChI=1S/C20H19N3O3S/c1-12-20(25)23(15-7-3-4-8-16(15)26-12)11-18(24)22-19-14(10-21)13-6-2-5-9-17(13)27-19/h3-4,7-8,12H,2,5-6,9,11H2,1H3,(H,22,24). The maximum atomic E-state index is 12.7. The molecule has 0 spiro atoms. The normalized spacial score (nSPS) is 18.1. The van der Waals surface area contributed by atoms with Gasteiger partial charge in [0.05, 0.1) is 11.3 Å². The number of aryl methyl sites for hydroxylation is 1. The molecule has 1 unspecified atom stereocenters. The highest BCUT2D eigenvalue weighted by Gasteiger charge is 2.33. The van der Waals surface area contributed by atoms with E-state index in [2.05, 4.69) is 11.4 Å². The fraction of sp³-hybridized carbons (Fsp3) is 0.350. The monoisotopic (exact) mass is 381 g/mol. The number of nitrogens with one attached hydrogen (secondary N) is 1. The number of nitriles is 1. The number of hydrogen-bond donors (Lipinski definition) is 1. The Morgan fingerprint density at radius 2 is 2.15 bits per heavy atom. The summed E-state index contributed by atoms with van der Waals surface area (Å²) in [7, 11) is 0. The molecule has 2 aromatic rings. The van der Waals surface area contributed by atoms with Gasteiger partial charge in [-0.15, -0.1) is 11.3 Å². The summed E-state index contributed by atoms with van der Waals surface area (Å²) in [4.78, 5) is 27.8. The second-order valence-corrected chi connectivity index (χ2v) is 7.83. The average Bonchev–Trinajstić information content (AvgIpc) is 3.02. The van der Waals surface area contributed by atoms with Crippen LogP contribution in [0.2, 0.25) is 0 Å². The van der Waals surface area contributed by atoms with E-state index in [1.54, 1.807) is 25.1 Å². The number of hydrogen-bond acceptors (Lipinski definition) is 5. The summed E-state index contributed by atoms with van der Waals surface area (Å²) in [5, 5.41) is 13.0. The van der Waals surface area contributed by atoms with E-state index in [4.69, 9.17) is 4.74 Å². The van der Waals surface area contributed by atoms with E-state index in [9.17, 15) is 14.9 Å². The minimum Gasteiger partial charge on any atom is -0.479 e. The highest BCUT2D eigenvalue weighted by Crippen LogP contribution is 2.38. The molecule has 0 radical (unpaired) electrons. The van der Waals surface area contributed by atoms with Crippen molar-refractivity contribution in [2.45, 2.75) is 38.7 Å². The van der Waals surface area contributed by atoms with Crippen molar-refractivity contribution >= 4 is 33.8 Å². The molecule has 0 fully saturated rings. The van der Waals surface area contributed by atoms with Gasteiger partial charge >= 0.3 is 0 Å². The molecule has 2 heterocycles. The molecule has 1 aliphatic carbocycles. The topological polar surface area (TPSA) is 82.4 Å². The van der Waals surface area contributed by atoms with Crippen LogP contribution in [0.5, 0.6) is 5.75 Å². The largest absolute Gasteiger partial charge is 0.479 e. The predicted octanol–water partition coefficient (Wildman–Crippen LogP) is 3.25. The summed E-state index contributed by atoms with van der Waals surface area (Å²) < 4.78 is 5.60. The van der Waals surface area contributed by atoms with E-state index >= 15 is 0 Å². The van der Waals surface area contributed by atoms with Crippen molar-refractivity contribution in [3.05, 3.63) is 40.3 Å². The number of ether oxygens (including phenoxy) is 1. The SMILES string of the molecule is CC1Oc2ccccc2N(CC(=O)Nc2sc3c(c2C#N)CCCC3)C1=O. The van der Waals surface area contributed by atoms with E-state index in [1.165, 1.54) is 21.1 Å². The molecular formula is C20H19N3O3S. The van der Waals surface area contributed by atoms with Gasteiger partial charge in [-0.25, -0.2) is 0 Å². The number of thiophene rings is 1. The van der Waals surface area contributed by atoms with Crippen LogP contribution >= 0.6 is 11.3 Å². The minimum atomic E-state index is -0.642. The van der Waals surface area contributed by atoms with Crippen molar-refractivity contribution in [1.29, 1.82) is 5.26 Å². The fourth-order valence-electron chi connectivity index (χ4n) is 3.60. The van der Waals surface area contributed by atoms with Crippen molar-refractivity contribution in [2.75, 3.05) is 16.8 Å². The summed E-state index contributed by atoms with van der Waals surface area (Å²) >= 11 is 1.48. The highest BCUT2D eigenvalue weighted by atomic mass is 32.1. The molecule has 0 bridgehead atoms. The lowest BCUT2D eigenvalue weighted by atomic mass is 9.96.